The Bertz CT molecular complexity index is 999. The lowest BCUT2D eigenvalue weighted by atomic mass is 10.2. The number of pyridine rings is 2. The summed E-state index contributed by atoms with van der Waals surface area (Å²) in [5, 5.41) is 0. The molecule has 0 N–H and O–H groups in total. The van der Waals surface area contributed by atoms with Crippen LogP contribution in [0.4, 0.5) is 10.3 Å². The molecule has 0 radical (unpaired) electrons. The monoisotopic (exact) mass is 405 g/mol. The van der Waals surface area contributed by atoms with Crippen LogP contribution >= 0.6 is 0 Å². The van der Waals surface area contributed by atoms with Gasteiger partial charge >= 0.3 is 0 Å². The van der Waals surface area contributed by atoms with Crippen LogP contribution in [0.2, 0.25) is 0 Å². The summed E-state index contributed by atoms with van der Waals surface area (Å²) < 4.78 is 19.8. The van der Waals surface area contributed by atoms with E-state index in [9.17, 15) is 4.39 Å². The van der Waals surface area contributed by atoms with E-state index in [-0.39, 0.29) is 5.82 Å². The first-order valence-electron chi connectivity index (χ1n) is 10.5. The zero-order valence-electron chi connectivity index (χ0n) is 16.9. The summed E-state index contributed by atoms with van der Waals surface area (Å²) in [5.41, 5.74) is 2.22. The van der Waals surface area contributed by atoms with Crippen LogP contribution in [0.1, 0.15) is 18.9 Å². The van der Waals surface area contributed by atoms with Gasteiger partial charge < -0.3 is 9.64 Å². The molecule has 0 spiro atoms. The Morgan fingerprint density at radius 1 is 1.03 bits per heavy atom. The molecule has 3 aromatic rings. The predicted molar refractivity (Wildman–Crippen MR) is 112 cm³/mol. The predicted octanol–water partition coefficient (Wildman–Crippen LogP) is 3.79. The fourth-order valence-corrected chi connectivity index (χ4v) is 4.39. The highest BCUT2D eigenvalue weighted by molar-refractivity contribution is 5.59. The second kappa shape index (κ2) is 7.97. The normalized spacial score (nSPS) is 22.1. The van der Waals surface area contributed by atoms with Gasteiger partial charge in [-0.3, -0.25) is 9.97 Å². The number of ether oxygens (including phenoxy) is 1. The SMILES string of the molecule is CCCc1cnc(N2CC3C(COc4ccc(-c5ccncc5F)nc4)C3C2)nc1. The highest BCUT2D eigenvalue weighted by Gasteiger charge is 2.56. The van der Waals surface area contributed by atoms with Crippen LogP contribution in [0.25, 0.3) is 11.3 Å². The van der Waals surface area contributed by atoms with Crippen molar-refractivity contribution in [1.82, 2.24) is 19.9 Å². The van der Waals surface area contributed by atoms with Gasteiger partial charge in [-0.2, -0.15) is 0 Å². The maximum atomic E-state index is 13.8. The Balaban J connectivity index is 1.12. The zero-order valence-corrected chi connectivity index (χ0v) is 16.9. The summed E-state index contributed by atoms with van der Waals surface area (Å²) in [6.45, 7) is 4.83. The van der Waals surface area contributed by atoms with Crippen molar-refractivity contribution in [3.63, 3.8) is 0 Å². The van der Waals surface area contributed by atoms with Crippen molar-refractivity contribution in [2.45, 2.75) is 19.8 Å². The van der Waals surface area contributed by atoms with E-state index in [4.69, 9.17) is 4.74 Å². The largest absolute Gasteiger partial charge is 0.492 e. The minimum absolute atomic E-state index is 0.377. The number of piperidine rings is 1. The quantitative estimate of drug-likeness (QED) is 0.596. The summed E-state index contributed by atoms with van der Waals surface area (Å²) >= 11 is 0. The minimum atomic E-state index is -0.377. The molecule has 5 rings (SSSR count). The third kappa shape index (κ3) is 3.72. The van der Waals surface area contributed by atoms with Crippen molar-refractivity contribution in [3.05, 3.63) is 60.6 Å². The molecule has 0 bridgehead atoms. The maximum absolute atomic E-state index is 13.8. The Kier molecular flexibility index (Phi) is 5.02. The maximum Gasteiger partial charge on any atom is 0.225 e. The van der Waals surface area contributed by atoms with Crippen molar-refractivity contribution in [2.24, 2.45) is 17.8 Å². The fourth-order valence-electron chi connectivity index (χ4n) is 4.39. The van der Waals surface area contributed by atoms with Crippen molar-refractivity contribution in [3.8, 4) is 17.0 Å². The van der Waals surface area contributed by atoms with Gasteiger partial charge in [-0.1, -0.05) is 13.3 Å². The molecule has 2 unspecified atom stereocenters. The first-order chi connectivity index (χ1) is 14.7. The molecule has 2 fully saturated rings. The van der Waals surface area contributed by atoms with E-state index >= 15 is 0 Å². The van der Waals surface area contributed by atoms with Crippen LogP contribution in [0.5, 0.6) is 5.75 Å². The van der Waals surface area contributed by atoms with Crippen molar-refractivity contribution in [2.75, 3.05) is 24.6 Å². The number of rotatable bonds is 7. The zero-order chi connectivity index (χ0) is 20.5. The molecule has 2 atom stereocenters. The molecule has 154 valence electrons. The number of anilines is 1. The standard InChI is InChI=1S/C23H24FN5O/c1-2-3-15-8-27-23(28-9-15)29-12-18-19(13-29)20(18)14-30-16-4-5-22(26-10-16)17-6-7-25-11-21(17)24/h4-11,18-20H,2-3,12-14H2,1H3. The second-order valence-corrected chi connectivity index (χ2v) is 8.08. The first-order valence-corrected chi connectivity index (χ1v) is 10.5. The van der Waals surface area contributed by atoms with E-state index in [1.807, 2.05) is 18.5 Å². The van der Waals surface area contributed by atoms with Crippen LogP contribution in [-0.2, 0) is 6.42 Å². The van der Waals surface area contributed by atoms with Crippen molar-refractivity contribution < 1.29 is 9.13 Å². The van der Waals surface area contributed by atoms with Crippen LogP contribution in [0, 0.1) is 23.6 Å². The molecule has 4 heterocycles. The number of aryl methyl sites for hydroxylation is 1. The molecule has 0 amide bonds. The summed E-state index contributed by atoms with van der Waals surface area (Å²) in [6.07, 6.45) is 10.4. The van der Waals surface area contributed by atoms with E-state index in [0.717, 1.165) is 31.9 Å². The van der Waals surface area contributed by atoms with E-state index in [0.29, 0.717) is 41.4 Å². The molecule has 7 heteroatoms. The van der Waals surface area contributed by atoms with Gasteiger partial charge in [-0.05, 0) is 42.0 Å². The highest BCUT2D eigenvalue weighted by atomic mass is 19.1. The Morgan fingerprint density at radius 3 is 2.50 bits per heavy atom. The third-order valence-electron chi connectivity index (χ3n) is 6.11. The number of fused-ring (bicyclic) bond motifs is 1. The smallest absolute Gasteiger partial charge is 0.225 e. The lowest BCUT2D eigenvalue weighted by Gasteiger charge is -2.19. The Morgan fingerprint density at radius 2 is 1.83 bits per heavy atom. The molecular formula is C23H24FN5O. The molecule has 1 aliphatic heterocycles. The van der Waals surface area contributed by atoms with E-state index < -0.39 is 0 Å². The Hall–Kier alpha value is -3.09. The van der Waals surface area contributed by atoms with Crippen molar-refractivity contribution >= 4 is 5.95 Å². The second-order valence-electron chi connectivity index (χ2n) is 8.08. The van der Waals surface area contributed by atoms with Gasteiger partial charge in [0.2, 0.25) is 5.95 Å². The lowest BCUT2D eigenvalue weighted by Crippen LogP contribution is -2.27. The molecule has 2 aliphatic rings. The van der Waals surface area contributed by atoms with E-state index in [1.165, 1.54) is 11.8 Å². The van der Waals surface area contributed by atoms with Gasteiger partial charge in [-0.25, -0.2) is 14.4 Å². The van der Waals surface area contributed by atoms with Gasteiger partial charge in [0.05, 0.1) is 24.7 Å². The number of nitrogens with zero attached hydrogens (tertiary/aromatic N) is 5. The third-order valence-corrected chi connectivity index (χ3v) is 6.11. The molecule has 1 aliphatic carbocycles. The molecule has 30 heavy (non-hydrogen) atoms. The van der Waals surface area contributed by atoms with Crippen molar-refractivity contribution in [1.29, 1.82) is 0 Å². The molecule has 0 aromatic carbocycles. The van der Waals surface area contributed by atoms with Gasteiger partial charge in [-0.15, -0.1) is 0 Å². The summed E-state index contributed by atoms with van der Waals surface area (Å²) in [6, 6.07) is 5.25. The number of halogens is 1. The average molecular weight is 405 g/mol. The number of hydrogen-bond donors (Lipinski definition) is 0. The summed E-state index contributed by atoms with van der Waals surface area (Å²) in [5.74, 6) is 3.02. The fraction of sp³-hybridized carbons (Fsp3) is 0.391. The van der Waals surface area contributed by atoms with Crippen LogP contribution < -0.4 is 9.64 Å². The summed E-state index contributed by atoms with van der Waals surface area (Å²) in [7, 11) is 0. The molecule has 6 nitrogen and oxygen atoms in total. The lowest BCUT2D eigenvalue weighted by molar-refractivity contribution is 0.282. The van der Waals surface area contributed by atoms with E-state index in [1.54, 1.807) is 24.5 Å². The number of aromatic nitrogens is 4. The van der Waals surface area contributed by atoms with Crippen LogP contribution in [0.3, 0.4) is 0 Å². The first kappa shape index (κ1) is 18.9. The van der Waals surface area contributed by atoms with Gasteiger partial charge in [0, 0.05) is 43.2 Å². The Labute approximate surface area is 175 Å². The average Bonchev–Trinajstić information content (AvgIpc) is 3.22. The highest BCUT2D eigenvalue weighted by Crippen LogP contribution is 2.52. The molecule has 3 aromatic heterocycles. The number of hydrogen-bond acceptors (Lipinski definition) is 6. The minimum Gasteiger partial charge on any atom is -0.492 e. The topological polar surface area (TPSA) is 64.0 Å². The van der Waals surface area contributed by atoms with Crippen LogP contribution in [0.15, 0.2) is 49.2 Å². The summed E-state index contributed by atoms with van der Waals surface area (Å²) in [4.78, 5) is 19.5. The molecular weight excluding hydrogens is 381 g/mol. The van der Waals surface area contributed by atoms with Gasteiger partial charge in [0.25, 0.3) is 0 Å². The van der Waals surface area contributed by atoms with Crippen LogP contribution in [-0.4, -0.2) is 39.6 Å². The van der Waals surface area contributed by atoms with Gasteiger partial charge in [0.1, 0.15) is 5.75 Å². The molecule has 1 saturated carbocycles. The van der Waals surface area contributed by atoms with E-state index in [2.05, 4.69) is 31.8 Å². The molecule has 1 saturated heterocycles. The van der Waals surface area contributed by atoms with Gasteiger partial charge in [0.15, 0.2) is 5.82 Å².